The highest BCUT2D eigenvalue weighted by Gasteiger charge is 2.19. The predicted molar refractivity (Wildman–Crippen MR) is 76.5 cm³/mol. The summed E-state index contributed by atoms with van der Waals surface area (Å²) in [4.78, 5) is 12.8. The largest absolute Gasteiger partial charge is 0.493 e. The standard InChI is InChI=1S/C14H18BrNO3/c1-2-16(5-3-13(17)18)9-11-8-12(15)7-10-4-6-19-14(10)11/h7-8H,2-6,9H2,1H3,(H,17,18). The molecule has 0 saturated heterocycles. The monoisotopic (exact) mass is 327 g/mol. The SMILES string of the molecule is CCN(CCC(=O)O)Cc1cc(Br)cc2c1OCC2. The van der Waals surface area contributed by atoms with Crippen molar-refractivity contribution >= 4 is 21.9 Å². The van der Waals surface area contributed by atoms with Crippen molar-refractivity contribution in [2.75, 3.05) is 19.7 Å². The number of carboxylic acid groups (broad SMARTS) is 1. The lowest BCUT2D eigenvalue weighted by Crippen LogP contribution is -2.26. The number of carboxylic acids is 1. The molecule has 2 rings (SSSR count). The van der Waals surface area contributed by atoms with Gasteiger partial charge in [0.2, 0.25) is 0 Å². The van der Waals surface area contributed by atoms with E-state index in [1.54, 1.807) is 0 Å². The average molecular weight is 328 g/mol. The molecule has 0 bridgehead atoms. The molecule has 1 aliphatic heterocycles. The van der Waals surface area contributed by atoms with Crippen molar-refractivity contribution in [2.24, 2.45) is 0 Å². The lowest BCUT2D eigenvalue weighted by atomic mass is 10.1. The van der Waals surface area contributed by atoms with Gasteiger partial charge in [-0.3, -0.25) is 9.69 Å². The Hall–Kier alpha value is -1.07. The molecule has 0 aliphatic carbocycles. The van der Waals surface area contributed by atoms with Gasteiger partial charge in [0.1, 0.15) is 5.75 Å². The lowest BCUT2D eigenvalue weighted by Gasteiger charge is -2.21. The maximum atomic E-state index is 10.7. The molecule has 0 fully saturated rings. The number of hydrogen-bond donors (Lipinski definition) is 1. The number of carbonyl (C=O) groups is 1. The molecule has 104 valence electrons. The number of ether oxygens (including phenoxy) is 1. The second-order valence-corrected chi connectivity index (χ2v) is 5.58. The lowest BCUT2D eigenvalue weighted by molar-refractivity contribution is -0.137. The third kappa shape index (κ3) is 3.70. The van der Waals surface area contributed by atoms with Gasteiger partial charge in [-0.1, -0.05) is 22.9 Å². The molecular weight excluding hydrogens is 310 g/mol. The molecule has 19 heavy (non-hydrogen) atoms. The molecule has 0 amide bonds. The minimum Gasteiger partial charge on any atom is -0.493 e. The maximum absolute atomic E-state index is 10.7. The molecule has 0 radical (unpaired) electrons. The molecule has 4 nitrogen and oxygen atoms in total. The van der Waals surface area contributed by atoms with Crippen molar-refractivity contribution < 1.29 is 14.6 Å². The first-order valence-electron chi connectivity index (χ1n) is 6.48. The highest BCUT2D eigenvalue weighted by molar-refractivity contribution is 9.10. The molecule has 1 aromatic rings. The fourth-order valence-corrected chi connectivity index (χ4v) is 2.86. The predicted octanol–water partition coefficient (Wildman–Crippen LogP) is 2.68. The zero-order valence-electron chi connectivity index (χ0n) is 11.0. The summed E-state index contributed by atoms with van der Waals surface area (Å²) in [5.74, 6) is 0.228. The van der Waals surface area contributed by atoms with Crippen molar-refractivity contribution in [2.45, 2.75) is 26.3 Å². The van der Waals surface area contributed by atoms with E-state index in [1.165, 1.54) is 5.56 Å². The number of aliphatic carboxylic acids is 1. The van der Waals surface area contributed by atoms with E-state index in [4.69, 9.17) is 9.84 Å². The van der Waals surface area contributed by atoms with E-state index < -0.39 is 5.97 Å². The summed E-state index contributed by atoms with van der Waals surface area (Å²) in [6, 6.07) is 4.16. The van der Waals surface area contributed by atoms with E-state index in [2.05, 4.69) is 33.0 Å². The van der Waals surface area contributed by atoms with Crippen LogP contribution in [0.3, 0.4) is 0 Å². The van der Waals surface area contributed by atoms with Crippen LogP contribution in [0.1, 0.15) is 24.5 Å². The highest BCUT2D eigenvalue weighted by atomic mass is 79.9. The number of rotatable bonds is 6. The number of hydrogen-bond acceptors (Lipinski definition) is 3. The third-order valence-corrected chi connectivity index (χ3v) is 3.77. The van der Waals surface area contributed by atoms with Crippen molar-refractivity contribution in [3.05, 3.63) is 27.7 Å². The van der Waals surface area contributed by atoms with Crippen LogP contribution in [0.25, 0.3) is 0 Å². The summed E-state index contributed by atoms with van der Waals surface area (Å²) in [5.41, 5.74) is 2.37. The van der Waals surface area contributed by atoms with Crippen LogP contribution in [0.5, 0.6) is 5.75 Å². The van der Waals surface area contributed by atoms with Gasteiger partial charge in [-0.2, -0.15) is 0 Å². The molecule has 5 heteroatoms. The van der Waals surface area contributed by atoms with Crippen LogP contribution < -0.4 is 4.74 Å². The Kier molecular flexibility index (Phi) is 4.82. The second kappa shape index (κ2) is 6.39. The first kappa shape index (κ1) is 14.3. The zero-order valence-corrected chi connectivity index (χ0v) is 12.6. The number of benzene rings is 1. The summed E-state index contributed by atoms with van der Waals surface area (Å²) in [6.07, 6.45) is 1.12. The smallest absolute Gasteiger partial charge is 0.304 e. The molecule has 1 aliphatic rings. The Morgan fingerprint density at radius 2 is 2.32 bits per heavy atom. The normalized spacial score (nSPS) is 13.4. The molecule has 0 unspecified atom stereocenters. The third-order valence-electron chi connectivity index (χ3n) is 3.31. The zero-order chi connectivity index (χ0) is 13.8. The van der Waals surface area contributed by atoms with Gasteiger partial charge in [0.15, 0.2) is 0 Å². The summed E-state index contributed by atoms with van der Waals surface area (Å²) in [6.45, 7) is 4.90. The molecule has 0 aromatic heterocycles. The molecule has 1 heterocycles. The Labute approximate surface area is 121 Å². The van der Waals surface area contributed by atoms with Gasteiger partial charge >= 0.3 is 5.97 Å². The number of nitrogens with zero attached hydrogens (tertiary/aromatic N) is 1. The Bertz CT molecular complexity index is 476. The summed E-state index contributed by atoms with van der Waals surface area (Å²) in [7, 11) is 0. The maximum Gasteiger partial charge on any atom is 0.304 e. The molecular formula is C14H18BrNO3. The summed E-state index contributed by atoms with van der Waals surface area (Å²) < 4.78 is 6.75. The molecule has 1 aromatic carbocycles. The van der Waals surface area contributed by atoms with E-state index in [1.807, 2.05) is 6.92 Å². The van der Waals surface area contributed by atoms with Gasteiger partial charge < -0.3 is 9.84 Å². The fourth-order valence-electron chi connectivity index (χ4n) is 2.31. The van der Waals surface area contributed by atoms with Crippen LogP contribution in [0.15, 0.2) is 16.6 Å². The Morgan fingerprint density at radius 1 is 1.53 bits per heavy atom. The van der Waals surface area contributed by atoms with Gasteiger partial charge in [0.25, 0.3) is 0 Å². The number of fused-ring (bicyclic) bond motifs is 1. The fraction of sp³-hybridized carbons (Fsp3) is 0.500. The summed E-state index contributed by atoms with van der Waals surface area (Å²) in [5, 5.41) is 8.76. The molecule has 0 spiro atoms. The quantitative estimate of drug-likeness (QED) is 0.872. The summed E-state index contributed by atoms with van der Waals surface area (Å²) >= 11 is 3.52. The van der Waals surface area contributed by atoms with E-state index in [9.17, 15) is 4.79 Å². The van der Waals surface area contributed by atoms with Gasteiger partial charge in [-0.15, -0.1) is 0 Å². The van der Waals surface area contributed by atoms with E-state index in [-0.39, 0.29) is 6.42 Å². The molecule has 0 saturated carbocycles. The van der Waals surface area contributed by atoms with Crippen LogP contribution in [-0.4, -0.2) is 35.7 Å². The van der Waals surface area contributed by atoms with Crippen LogP contribution in [-0.2, 0) is 17.8 Å². The van der Waals surface area contributed by atoms with Crippen molar-refractivity contribution in [3.8, 4) is 5.75 Å². The molecule has 1 N–H and O–H groups in total. The van der Waals surface area contributed by atoms with E-state index in [0.717, 1.165) is 41.9 Å². The van der Waals surface area contributed by atoms with Crippen LogP contribution in [0, 0.1) is 0 Å². The Balaban J connectivity index is 2.11. The van der Waals surface area contributed by atoms with Gasteiger partial charge in [0, 0.05) is 29.5 Å². The minimum absolute atomic E-state index is 0.172. The van der Waals surface area contributed by atoms with Crippen LogP contribution >= 0.6 is 15.9 Å². The molecule has 0 atom stereocenters. The van der Waals surface area contributed by atoms with E-state index in [0.29, 0.717) is 6.54 Å². The minimum atomic E-state index is -0.755. The topological polar surface area (TPSA) is 49.8 Å². The van der Waals surface area contributed by atoms with Gasteiger partial charge in [-0.25, -0.2) is 0 Å². The Morgan fingerprint density at radius 3 is 3.00 bits per heavy atom. The van der Waals surface area contributed by atoms with Crippen molar-refractivity contribution in [3.63, 3.8) is 0 Å². The first-order chi connectivity index (χ1) is 9.10. The highest BCUT2D eigenvalue weighted by Crippen LogP contribution is 2.33. The van der Waals surface area contributed by atoms with Gasteiger partial charge in [0.05, 0.1) is 13.0 Å². The average Bonchev–Trinajstić information content (AvgIpc) is 2.81. The van der Waals surface area contributed by atoms with Crippen molar-refractivity contribution in [1.29, 1.82) is 0 Å². The first-order valence-corrected chi connectivity index (χ1v) is 7.27. The number of halogens is 1. The van der Waals surface area contributed by atoms with E-state index >= 15 is 0 Å². The van der Waals surface area contributed by atoms with Crippen LogP contribution in [0.4, 0.5) is 0 Å². The van der Waals surface area contributed by atoms with Gasteiger partial charge in [-0.05, 0) is 24.2 Å². The second-order valence-electron chi connectivity index (χ2n) is 4.66. The van der Waals surface area contributed by atoms with Crippen molar-refractivity contribution in [1.82, 2.24) is 4.90 Å². The van der Waals surface area contributed by atoms with Crippen LogP contribution in [0.2, 0.25) is 0 Å².